The fourth-order valence-electron chi connectivity index (χ4n) is 2.91. The van der Waals surface area contributed by atoms with Gasteiger partial charge in [-0.15, -0.1) is 0 Å². The van der Waals surface area contributed by atoms with E-state index in [-0.39, 0.29) is 0 Å². The van der Waals surface area contributed by atoms with Gasteiger partial charge in [-0.2, -0.15) is 0 Å². The van der Waals surface area contributed by atoms with Gasteiger partial charge in [-0.25, -0.2) is 0 Å². The first-order chi connectivity index (χ1) is 10.3. The average Bonchev–Trinajstić information content (AvgIpc) is 3.07. The Kier molecular flexibility index (Phi) is 4.52. The molecular formula is C20H23N. The minimum Gasteiger partial charge on any atom is -0.300 e. The molecule has 1 aliphatic rings. The first-order valence-corrected chi connectivity index (χ1v) is 7.88. The number of likely N-dealkylation sites (tertiary alicyclic amines) is 1. The van der Waals surface area contributed by atoms with Crippen molar-refractivity contribution >= 4 is 5.57 Å². The zero-order chi connectivity index (χ0) is 14.5. The molecule has 1 heteroatoms. The summed E-state index contributed by atoms with van der Waals surface area (Å²) in [5, 5.41) is 0. The summed E-state index contributed by atoms with van der Waals surface area (Å²) in [5.74, 6) is 0. The van der Waals surface area contributed by atoms with Gasteiger partial charge in [0, 0.05) is 6.54 Å². The van der Waals surface area contributed by atoms with E-state index in [9.17, 15) is 0 Å². The van der Waals surface area contributed by atoms with Crippen molar-refractivity contribution in [1.29, 1.82) is 0 Å². The fraction of sp³-hybridized carbons (Fsp3) is 0.300. The fourth-order valence-corrected chi connectivity index (χ4v) is 2.91. The number of rotatable bonds is 4. The van der Waals surface area contributed by atoms with E-state index in [1.165, 1.54) is 48.2 Å². The summed E-state index contributed by atoms with van der Waals surface area (Å²) in [5.41, 5.74) is 5.27. The molecule has 0 saturated carbocycles. The van der Waals surface area contributed by atoms with Crippen LogP contribution in [0.3, 0.4) is 0 Å². The summed E-state index contributed by atoms with van der Waals surface area (Å²) in [6.45, 7) is 5.83. The van der Waals surface area contributed by atoms with Crippen molar-refractivity contribution in [3.8, 4) is 11.1 Å². The van der Waals surface area contributed by atoms with Gasteiger partial charge in [-0.3, -0.25) is 4.90 Å². The minimum absolute atomic E-state index is 1.09. The topological polar surface area (TPSA) is 3.24 Å². The van der Waals surface area contributed by atoms with Gasteiger partial charge in [-0.1, -0.05) is 60.7 Å². The Hall–Kier alpha value is -1.86. The zero-order valence-corrected chi connectivity index (χ0v) is 12.8. The normalized spacial score (nSPS) is 16.3. The van der Waals surface area contributed by atoms with Crippen LogP contribution in [0, 0.1) is 0 Å². The van der Waals surface area contributed by atoms with Gasteiger partial charge in [0.15, 0.2) is 0 Å². The van der Waals surface area contributed by atoms with E-state index in [2.05, 4.69) is 72.5 Å². The number of hydrogen-bond donors (Lipinski definition) is 0. The Morgan fingerprint density at radius 1 is 0.905 bits per heavy atom. The molecule has 0 radical (unpaired) electrons. The molecule has 0 aliphatic carbocycles. The quantitative estimate of drug-likeness (QED) is 0.772. The third-order valence-corrected chi connectivity index (χ3v) is 4.30. The highest BCUT2D eigenvalue weighted by atomic mass is 15.1. The third-order valence-electron chi connectivity index (χ3n) is 4.30. The number of allylic oxidation sites excluding steroid dienone is 1. The summed E-state index contributed by atoms with van der Waals surface area (Å²) in [7, 11) is 0. The van der Waals surface area contributed by atoms with Gasteiger partial charge in [0.1, 0.15) is 0 Å². The van der Waals surface area contributed by atoms with Crippen LogP contribution in [0.1, 0.15) is 25.3 Å². The lowest BCUT2D eigenvalue weighted by Gasteiger charge is -2.12. The van der Waals surface area contributed by atoms with Crippen LogP contribution in [0.15, 0.2) is 60.7 Å². The van der Waals surface area contributed by atoms with Gasteiger partial charge in [0.05, 0.1) is 0 Å². The molecule has 108 valence electrons. The maximum atomic E-state index is 2.53. The molecule has 1 saturated heterocycles. The molecule has 0 spiro atoms. The minimum atomic E-state index is 1.09. The lowest BCUT2D eigenvalue weighted by Crippen LogP contribution is -2.18. The van der Waals surface area contributed by atoms with Gasteiger partial charge < -0.3 is 0 Å². The van der Waals surface area contributed by atoms with E-state index < -0.39 is 0 Å². The predicted molar refractivity (Wildman–Crippen MR) is 91.2 cm³/mol. The first kappa shape index (κ1) is 14.1. The Balaban J connectivity index is 1.70. The second-order valence-corrected chi connectivity index (χ2v) is 5.84. The van der Waals surface area contributed by atoms with E-state index in [4.69, 9.17) is 0 Å². The Morgan fingerprint density at radius 2 is 1.52 bits per heavy atom. The monoisotopic (exact) mass is 277 g/mol. The van der Waals surface area contributed by atoms with E-state index in [1.807, 2.05) is 0 Å². The number of nitrogens with zero attached hydrogens (tertiary/aromatic N) is 1. The van der Waals surface area contributed by atoms with E-state index in [1.54, 1.807) is 0 Å². The molecule has 1 heterocycles. The van der Waals surface area contributed by atoms with Crippen LogP contribution >= 0.6 is 0 Å². The van der Waals surface area contributed by atoms with Crippen molar-refractivity contribution in [2.45, 2.75) is 19.8 Å². The SMILES string of the molecule is CC(=CCN1CCCC1)c1ccc(-c2ccccc2)cc1. The number of benzene rings is 2. The lowest BCUT2D eigenvalue weighted by atomic mass is 10.0. The van der Waals surface area contributed by atoms with Crippen molar-refractivity contribution in [2.75, 3.05) is 19.6 Å². The van der Waals surface area contributed by atoms with E-state index in [0.29, 0.717) is 0 Å². The van der Waals surface area contributed by atoms with Gasteiger partial charge in [0.2, 0.25) is 0 Å². The molecule has 0 unspecified atom stereocenters. The van der Waals surface area contributed by atoms with Gasteiger partial charge in [0.25, 0.3) is 0 Å². The largest absolute Gasteiger partial charge is 0.300 e. The van der Waals surface area contributed by atoms with Crippen LogP contribution in [0.4, 0.5) is 0 Å². The Bertz CT molecular complexity index is 589. The molecule has 0 aromatic heterocycles. The zero-order valence-electron chi connectivity index (χ0n) is 12.8. The standard InChI is InChI=1S/C20H23N/c1-17(13-16-21-14-5-6-15-21)18-9-11-20(12-10-18)19-7-3-2-4-8-19/h2-4,7-13H,5-6,14-16H2,1H3. The highest BCUT2D eigenvalue weighted by molar-refractivity contribution is 5.69. The molecule has 0 N–H and O–H groups in total. The Labute approximate surface area is 127 Å². The molecule has 21 heavy (non-hydrogen) atoms. The second-order valence-electron chi connectivity index (χ2n) is 5.84. The lowest BCUT2D eigenvalue weighted by molar-refractivity contribution is 0.377. The summed E-state index contributed by atoms with van der Waals surface area (Å²) in [4.78, 5) is 2.53. The molecule has 0 amide bonds. The molecule has 1 nitrogen and oxygen atoms in total. The van der Waals surface area contributed by atoms with E-state index in [0.717, 1.165) is 6.54 Å². The third kappa shape index (κ3) is 3.62. The van der Waals surface area contributed by atoms with Crippen molar-refractivity contribution in [3.63, 3.8) is 0 Å². The van der Waals surface area contributed by atoms with Gasteiger partial charge >= 0.3 is 0 Å². The van der Waals surface area contributed by atoms with Gasteiger partial charge in [-0.05, 0) is 55.1 Å². The molecule has 3 rings (SSSR count). The molecule has 0 atom stereocenters. The van der Waals surface area contributed by atoms with Crippen molar-refractivity contribution in [1.82, 2.24) is 4.90 Å². The molecule has 1 fully saturated rings. The van der Waals surface area contributed by atoms with Crippen LogP contribution in [0.5, 0.6) is 0 Å². The van der Waals surface area contributed by atoms with Crippen molar-refractivity contribution in [3.05, 3.63) is 66.2 Å². The van der Waals surface area contributed by atoms with E-state index >= 15 is 0 Å². The maximum absolute atomic E-state index is 2.53. The molecule has 2 aromatic carbocycles. The smallest absolute Gasteiger partial charge is 0.0169 e. The van der Waals surface area contributed by atoms with Crippen LogP contribution in [0.25, 0.3) is 16.7 Å². The van der Waals surface area contributed by atoms with Crippen LogP contribution in [-0.2, 0) is 0 Å². The van der Waals surface area contributed by atoms with Crippen LogP contribution in [-0.4, -0.2) is 24.5 Å². The first-order valence-electron chi connectivity index (χ1n) is 7.88. The maximum Gasteiger partial charge on any atom is 0.0169 e. The summed E-state index contributed by atoms with van der Waals surface area (Å²) in [6.07, 6.45) is 5.08. The molecule has 0 bridgehead atoms. The molecule has 1 aliphatic heterocycles. The number of hydrogen-bond acceptors (Lipinski definition) is 1. The molecular weight excluding hydrogens is 254 g/mol. The highest BCUT2D eigenvalue weighted by Crippen LogP contribution is 2.22. The van der Waals surface area contributed by atoms with Crippen molar-refractivity contribution < 1.29 is 0 Å². The summed E-state index contributed by atoms with van der Waals surface area (Å²) < 4.78 is 0. The van der Waals surface area contributed by atoms with Crippen LogP contribution < -0.4 is 0 Å². The highest BCUT2D eigenvalue weighted by Gasteiger charge is 2.09. The molecule has 2 aromatic rings. The summed E-state index contributed by atoms with van der Waals surface area (Å²) in [6, 6.07) is 19.5. The predicted octanol–water partition coefficient (Wildman–Crippen LogP) is 4.85. The Morgan fingerprint density at radius 3 is 2.19 bits per heavy atom. The second kappa shape index (κ2) is 6.73. The van der Waals surface area contributed by atoms with Crippen LogP contribution in [0.2, 0.25) is 0 Å². The summed E-state index contributed by atoms with van der Waals surface area (Å²) >= 11 is 0. The van der Waals surface area contributed by atoms with Crippen molar-refractivity contribution in [2.24, 2.45) is 0 Å². The average molecular weight is 277 g/mol.